The highest BCUT2D eigenvalue weighted by Gasteiger charge is 2.53. The number of esters is 2. The second kappa shape index (κ2) is 12.0. The van der Waals surface area contributed by atoms with E-state index >= 15 is 0 Å². The zero-order valence-corrected chi connectivity index (χ0v) is 20.6. The predicted octanol–water partition coefficient (Wildman–Crippen LogP) is 5.34. The van der Waals surface area contributed by atoms with Crippen LogP contribution in [0.1, 0.15) is 28.7 Å². The molecule has 6 nitrogen and oxygen atoms in total. The van der Waals surface area contributed by atoms with E-state index in [0.29, 0.717) is 11.5 Å². The van der Waals surface area contributed by atoms with Gasteiger partial charge in [0.1, 0.15) is 24.0 Å². The van der Waals surface area contributed by atoms with Gasteiger partial charge >= 0.3 is 11.9 Å². The van der Waals surface area contributed by atoms with Crippen LogP contribution in [0.2, 0.25) is 0 Å². The number of nitriles is 2. The summed E-state index contributed by atoms with van der Waals surface area (Å²) in [6.45, 7) is 0.278. The molecule has 35 heavy (non-hydrogen) atoms. The normalized spacial score (nSPS) is 21.8. The van der Waals surface area contributed by atoms with Crippen molar-refractivity contribution in [2.75, 3.05) is 0 Å². The fourth-order valence-corrected chi connectivity index (χ4v) is 5.51. The number of benzene rings is 2. The van der Waals surface area contributed by atoms with Gasteiger partial charge in [-0.25, -0.2) is 0 Å². The standard InChI is InChI=1S/C27H24N2O4S2/c28-16-34-14-20-5-1-18(2-6-20)12-32-26(30)24-22-9-10-23(11-22)25(24)27(31)33-13-19-3-7-21(8-4-19)15-35-17-29/h1-10,22-25H,11-15H2/t22-,23+,24-,25-/m0/s1. The van der Waals surface area contributed by atoms with E-state index in [1.165, 1.54) is 23.5 Å². The lowest BCUT2D eigenvalue weighted by atomic mass is 9.83. The molecule has 4 atom stereocenters. The first-order chi connectivity index (χ1) is 17.1. The monoisotopic (exact) mass is 504 g/mol. The Morgan fingerprint density at radius 3 is 1.46 bits per heavy atom. The highest BCUT2D eigenvalue weighted by Crippen LogP contribution is 2.49. The Labute approximate surface area is 213 Å². The van der Waals surface area contributed by atoms with Gasteiger partial charge < -0.3 is 9.47 Å². The van der Waals surface area contributed by atoms with Crippen molar-refractivity contribution < 1.29 is 19.1 Å². The van der Waals surface area contributed by atoms with Crippen LogP contribution < -0.4 is 0 Å². The van der Waals surface area contributed by atoms with E-state index in [0.717, 1.165) is 28.7 Å². The van der Waals surface area contributed by atoms with Gasteiger partial charge in [-0.1, -0.05) is 60.7 Å². The average molecular weight is 505 g/mol. The van der Waals surface area contributed by atoms with Gasteiger partial charge in [0.15, 0.2) is 0 Å². The van der Waals surface area contributed by atoms with Gasteiger partial charge in [0.25, 0.3) is 0 Å². The third kappa shape index (κ3) is 6.28. The van der Waals surface area contributed by atoms with Crippen LogP contribution in [0.15, 0.2) is 60.7 Å². The lowest BCUT2D eigenvalue weighted by Crippen LogP contribution is -2.35. The average Bonchev–Trinajstić information content (AvgIpc) is 3.51. The molecule has 0 aliphatic heterocycles. The lowest BCUT2D eigenvalue weighted by Gasteiger charge is -2.25. The molecule has 4 rings (SSSR count). The molecule has 2 bridgehead atoms. The van der Waals surface area contributed by atoms with E-state index in [1.54, 1.807) is 0 Å². The maximum atomic E-state index is 13.0. The van der Waals surface area contributed by atoms with Crippen LogP contribution in [0, 0.1) is 45.0 Å². The van der Waals surface area contributed by atoms with E-state index in [2.05, 4.69) is 0 Å². The highest BCUT2D eigenvalue weighted by molar-refractivity contribution is 8.03. The van der Waals surface area contributed by atoms with Crippen LogP contribution >= 0.6 is 23.5 Å². The van der Waals surface area contributed by atoms with Crippen molar-refractivity contribution in [1.29, 1.82) is 10.5 Å². The summed E-state index contributed by atoms with van der Waals surface area (Å²) in [5.41, 5.74) is 3.78. The van der Waals surface area contributed by atoms with Gasteiger partial charge in [-0.2, -0.15) is 10.5 Å². The first-order valence-electron chi connectivity index (χ1n) is 11.3. The fourth-order valence-electron chi connectivity index (χ4n) is 4.66. The Morgan fingerprint density at radius 1 is 0.714 bits per heavy atom. The summed E-state index contributed by atoms with van der Waals surface area (Å²) in [5.74, 6) is -0.590. The predicted molar refractivity (Wildman–Crippen MR) is 134 cm³/mol. The molecule has 2 aromatic rings. The SMILES string of the molecule is N#CSCc1ccc(COC(=O)[C@@H]2[C@@H](C(=O)OCc3ccc(CSC#N)cc3)[C@H]3C=C[C@@H]2C3)cc1. The molecule has 0 heterocycles. The summed E-state index contributed by atoms with van der Waals surface area (Å²) in [5, 5.41) is 21.4. The van der Waals surface area contributed by atoms with Gasteiger partial charge in [-0.15, -0.1) is 0 Å². The second-order valence-electron chi connectivity index (χ2n) is 8.61. The molecule has 0 aromatic heterocycles. The first kappa shape index (κ1) is 24.9. The van der Waals surface area contributed by atoms with E-state index in [4.69, 9.17) is 20.0 Å². The fraction of sp³-hybridized carbons (Fsp3) is 0.333. The molecule has 0 amide bonds. The molecule has 0 spiro atoms. The van der Waals surface area contributed by atoms with Gasteiger partial charge in [-0.05, 0) is 64.0 Å². The number of fused-ring (bicyclic) bond motifs is 2. The summed E-state index contributed by atoms with van der Waals surface area (Å²) in [7, 11) is 0. The summed E-state index contributed by atoms with van der Waals surface area (Å²) in [4.78, 5) is 26.0. The van der Waals surface area contributed by atoms with Gasteiger partial charge in [0.05, 0.1) is 11.8 Å². The number of allylic oxidation sites excluding steroid dienone is 2. The molecule has 8 heteroatoms. The van der Waals surface area contributed by atoms with Crippen molar-refractivity contribution >= 4 is 35.5 Å². The number of carbonyl (C=O) groups is 2. The Morgan fingerprint density at radius 2 is 1.09 bits per heavy atom. The van der Waals surface area contributed by atoms with Crippen molar-refractivity contribution in [3.05, 3.63) is 82.9 Å². The van der Waals surface area contributed by atoms with E-state index in [-0.39, 0.29) is 37.0 Å². The van der Waals surface area contributed by atoms with E-state index in [1.807, 2.05) is 71.5 Å². The number of thiocyanates is 2. The third-order valence-corrected chi connectivity index (χ3v) is 7.63. The van der Waals surface area contributed by atoms with Crippen LogP contribution in [0.4, 0.5) is 0 Å². The summed E-state index contributed by atoms with van der Waals surface area (Å²) >= 11 is 2.35. The van der Waals surface area contributed by atoms with Gasteiger partial charge in [-0.3, -0.25) is 9.59 Å². The maximum absolute atomic E-state index is 13.0. The molecular weight excluding hydrogens is 480 g/mol. The molecule has 1 fully saturated rings. The molecule has 178 valence electrons. The lowest BCUT2D eigenvalue weighted by molar-refractivity contribution is -0.162. The first-order valence-corrected chi connectivity index (χ1v) is 13.2. The van der Waals surface area contributed by atoms with Crippen LogP contribution in [-0.2, 0) is 43.8 Å². The Kier molecular flexibility index (Phi) is 8.52. The van der Waals surface area contributed by atoms with Crippen molar-refractivity contribution in [2.45, 2.75) is 31.1 Å². The number of thioether (sulfide) groups is 2. The second-order valence-corrected chi connectivity index (χ2v) is 10.1. The summed E-state index contributed by atoms with van der Waals surface area (Å²) in [6, 6.07) is 15.2. The molecule has 0 unspecified atom stereocenters. The van der Waals surface area contributed by atoms with Crippen LogP contribution in [-0.4, -0.2) is 11.9 Å². The van der Waals surface area contributed by atoms with Crippen LogP contribution in [0.25, 0.3) is 0 Å². The summed E-state index contributed by atoms with van der Waals surface area (Å²) in [6.07, 6.45) is 4.79. The van der Waals surface area contributed by atoms with Gasteiger partial charge in [0, 0.05) is 11.5 Å². The molecule has 2 aliphatic rings. The minimum Gasteiger partial charge on any atom is -0.461 e. The zero-order valence-electron chi connectivity index (χ0n) is 19.0. The van der Waals surface area contributed by atoms with Crippen molar-refractivity contribution in [2.24, 2.45) is 23.7 Å². The molecule has 1 saturated carbocycles. The molecule has 2 aliphatic carbocycles. The maximum Gasteiger partial charge on any atom is 0.310 e. The zero-order chi connectivity index (χ0) is 24.6. The van der Waals surface area contributed by atoms with Crippen LogP contribution in [0.5, 0.6) is 0 Å². The number of carbonyl (C=O) groups excluding carboxylic acids is 2. The largest absolute Gasteiger partial charge is 0.461 e. The molecule has 2 aromatic carbocycles. The number of hydrogen-bond donors (Lipinski definition) is 0. The molecule has 0 saturated heterocycles. The number of nitrogens with zero attached hydrogens (tertiary/aromatic N) is 2. The molecular formula is C27H24N2O4S2. The quantitative estimate of drug-likeness (QED) is 0.243. The minimum absolute atomic E-state index is 0.00708. The smallest absolute Gasteiger partial charge is 0.310 e. The third-order valence-electron chi connectivity index (χ3n) is 6.42. The number of ether oxygens (including phenoxy) is 2. The number of rotatable bonds is 10. The Balaban J connectivity index is 1.32. The van der Waals surface area contributed by atoms with Crippen molar-refractivity contribution in [3.8, 4) is 10.8 Å². The van der Waals surface area contributed by atoms with E-state index in [9.17, 15) is 9.59 Å². The number of hydrogen-bond acceptors (Lipinski definition) is 8. The summed E-state index contributed by atoms with van der Waals surface area (Å²) < 4.78 is 11.2. The Hall–Kier alpha value is -3.20. The van der Waals surface area contributed by atoms with Crippen molar-refractivity contribution in [1.82, 2.24) is 0 Å². The van der Waals surface area contributed by atoms with E-state index < -0.39 is 11.8 Å². The van der Waals surface area contributed by atoms with Gasteiger partial charge in [0.2, 0.25) is 0 Å². The topological polar surface area (TPSA) is 100 Å². The van der Waals surface area contributed by atoms with Crippen LogP contribution in [0.3, 0.4) is 0 Å². The minimum atomic E-state index is -0.533. The molecule has 0 radical (unpaired) electrons. The highest BCUT2D eigenvalue weighted by atomic mass is 32.2. The Bertz CT molecular complexity index is 1070. The van der Waals surface area contributed by atoms with Crippen molar-refractivity contribution in [3.63, 3.8) is 0 Å². The molecule has 0 N–H and O–H groups in total.